The monoisotopic (exact) mass is 556 g/mol. The summed E-state index contributed by atoms with van der Waals surface area (Å²) in [5.74, 6) is -1.03. The number of nitrogens with zero attached hydrogens (tertiary/aromatic N) is 2. The zero-order valence-corrected chi connectivity index (χ0v) is 20.9. The first-order valence-corrected chi connectivity index (χ1v) is 13.4. The fourth-order valence-corrected chi connectivity index (χ4v) is 6.92. The molecule has 0 aliphatic carbocycles. The first-order valence-electron chi connectivity index (χ1n) is 9.79. The Bertz CT molecular complexity index is 1270. The molecule has 0 N–H and O–H groups in total. The summed E-state index contributed by atoms with van der Waals surface area (Å²) in [6.07, 6.45) is 1.52. The minimum absolute atomic E-state index is 0.0695. The van der Waals surface area contributed by atoms with E-state index in [2.05, 4.69) is 20.9 Å². The predicted molar refractivity (Wildman–Crippen MR) is 128 cm³/mol. The Morgan fingerprint density at radius 1 is 1.28 bits per heavy atom. The maximum atomic E-state index is 16.2. The lowest BCUT2D eigenvalue weighted by Gasteiger charge is -2.35. The summed E-state index contributed by atoms with van der Waals surface area (Å²) < 4.78 is 42.4. The molecule has 1 aromatic heterocycles. The zero-order valence-electron chi connectivity index (χ0n) is 17.0. The molecule has 1 aliphatic rings. The average Bonchev–Trinajstić information content (AvgIpc) is 3.28. The second-order valence-corrected chi connectivity index (χ2v) is 12.2. The molecule has 0 saturated carbocycles. The molecule has 0 spiro atoms. The number of benzene rings is 2. The molecule has 1 fully saturated rings. The lowest BCUT2D eigenvalue weighted by molar-refractivity contribution is 0.0666. The Hall–Kier alpha value is -1.81. The van der Waals surface area contributed by atoms with Gasteiger partial charge in [0, 0.05) is 33.6 Å². The number of alkyl halides is 1. The number of amides is 1. The molecule has 4 rings (SSSR count). The van der Waals surface area contributed by atoms with Crippen molar-refractivity contribution in [3.63, 3.8) is 0 Å². The molecule has 10 heteroatoms. The number of sulfone groups is 1. The van der Waals surface area contributed by atoms with E-state index in [1.165, 1.54) is 17.2 Å². The highest BCUT2D eigenvalue weighted by molar-refractivity contribution is 9.10. The Morgan fingerprint density at radius 2 is 2.00 bits per heavy atom. The number of carbonyl (C=O) groups is 1. The molecule has 1 saturated heterocycles. The SMILES string of the molecule is C[C@@H](c1ccccc1)c1cnc([C@@]2(F)CN(C(=O)c3ccc(Br)c(Cl)c3)CCS2(=O)=O)s1. The third-order valence-corrected chi connectivity index (χ3v) is 10.2. The minimum atomic E-state index is -4.16. The van der Waals surface area contributed by atoms with E-state index in [4.69, 9.17) is 11.6 Å². The van der Waals surface area contributed by atoms with Crippen LogP contribution in [0.4, 0.5) is 4.39 Å². The van der Waals surface area contributed by atoms with Gasteiger partial charge in [0.25, 0.3) is 10.9 Å². The van der Waals surface area contributed by atoms with Gasteiger partial charge in [-0.2, -0.15) is 0 Å². The van der Waals surface area contributed by atoms with Crippen molar-refractivity contribution in [1.29, 1.82) is 0 Å². The van der Waals surface area contributed by atoms with E-state index in [0.717, 1.165) is 21.8 Å². The number of hydrogen-bond acceptors (Lipinski definition) is 5. The van der Waals surface area contributed by atoms with Gasteiger partial charge in [0.1, 0.15) is 5.01 Å². The van der Waals surface area contributed by atoms with E-state index in [-0.39, 0.29) is 23.0 Å². The summed E-state index contributed by atoms with van der Waals surface area (Å²) in [5.41, 5.74) is 1.28. The van der Waals surface area contributed by atoms with Crippen molar-refractivity contribution in [3.8, 4) is 0 Å². The highest BCUT2D eigenvalue weighted by Crippen LogP contribution is 2.41. The smallest absolute Gasteiger partial charge is 0.278 e. The van der Waals surface area contributed by atoms with E-state index in [1.54, 1.807) is 12.1 Å². The van der Waals surface area contributed by atoms with Gasteiger partial charge in [-0.1, -0.05) is 48.9 Å². The van der Waals surface area contributed by atoms with E-state index in [9.17, 15) is 13.2 Å². The molecule has 2 atom stereocenters. The van der Waals surface area contributed by atoms with Crippen LogP contribution in [-0.2, 0) is 14.8 Å². The normalized spacial score (nSPS) is 21.3. The molecule has 3 aromatic rings. The van der Waals surface area contributed by atoms with Gasteiger partial charge < -0.3 is 4.90 Å². The van der Waals surface area contributed by atoms with Crippen molar-refractivity contribution in [2.24, 2.45) is 0 Å². The van der Waals surface area contributed by atoms with E-state index in [1.807, 2.05) is 37.3 Å². The van der Waals surface area contributed by atoms with Crippen molar-refractivity contribution < 1.29 is 17.6 Å². The topological polar surface area (TPSA) is 67.3 Å². The lowest BCUT2D eigenvalue weighted by atomic mass is 10.0. The van der Waals surface area contributed by atoms with Gasteiger partial charge in [-0.25, -0.2) is 17.8 Å². The molecule has 2 aromatic carbocycles. The second-order valence-electron chi connectivity index (χ2n) is 7.60. The van der Waals surface area contributed by atoms with Crippen molar-refractivity contribution in [2.45, 2.75) is 17.8 Å². The molecule has 0 radical (unpaired) electrons. The predicted octanol–water partition coefficient (Wildman–Crippen LogP) is 5.40. The van der Waals surface area contributed by atoms with Crippen LogP contribution in [0, 0.1) is 0 Å². The van der Waals surface area contributed by atoms with Crippen LogP contribution in [0.15, 0.2) is 59.2 Å². The van der Waals surface area contributed by atoms with E-state index >= 15 is 4.39 Å². The molecular formula is C22H19BrClFN2O3S2. The fourth-order valence-electron chi connectivity index (χ4n) is 3.57. The quantitative estimate of drug-likeness (QED) is 0.431. The van der Waals surface area contributed by atoms with Gasteiger partial charge in [0.05, 0.1) is 17.3 Å². The number of halogens is 3. The van der Waals surface area contributed by atoms with Gasteiger partial charge in [-0.15, -0.1) is 11.3 Å². The number of rotatable bonds is 4. The van der Waals surface area contributed by atoms with Crippen LogP contribution >= 0.6 is 38.9 Å². The Balaban J connectivity index is 1.64. The van der Waals surface area contributed by atoms with Crippen LogP contribution in [0.3, 0.4) is 0 Å². The first kappa shape index (κ1) is 23.4. The van der Waals surface area contributed by atoms with Crippen molar-refractivity contribution in [1.82, 2.24) is 9.88 Å². The largest absolute Gasteiger partial charge is 0.333 e. The maximum absolute atomic E-state index is 16.2. The third kappa shape index (κ3) is 4.23. The molecular weight excluding hydrogens is 539 g/mol. The van der Waals surface area contributed by atoms with Crippen LogP contribution in [0.25, 0.3) is 0 Å². The molecule has 5 nitrogen and oxygen atoms in total. The molecule has 32 heavy (non-hydrogen) atoms. The third-order valence-electron chi connectivity index (χ3n) is 5.54. The summed E-state index contributed by atoms with van der Waals surface area (Å²) in [6.45, 7) is 1.24. The molecule has 168 valence electrons. The minimum Gasteiger partial charge on any atom is -0.333 e. The highest BCUT2D eigenvalue weighted by Gasteiger charge is 2.53. The van der Waals surface area contributed by atoms with E-state index in [0.29, 0.717) is 9.50 Å². The van der Waals surface area contributed by atoms with Crippen molar-refractivity contribution in [3.05, 3.63) is 85.2 Å². The number of hydrogen-bond donors (Lipinski definition) is 0. The number of thiazole rings is 1. The first-order chi connectivity index (χ1) is 15.1. The van der Waals surface area contributed by atoms with Crippen molar-refractivity contribution >= 4 is 54.6 Å². The van der Waals surface area contributed by atoms with Gasteiger partial charge in [-0.05, 0) is 39.7 Å². The van der Waals surface area contributed by atoms with Crippen LogP contribution in [0.5, 0.6) is 0 Å². The van der Waals surface area contributed by atoms with Gasteiger partial charge >= 0.3 is 0 Å². The van der Waals surface area contributed by atoms with Crippen molar-refractivity contribution in [2.75, 3.05) is 18.8 Å². The average molecular weight is 558 g/mol. The van der Waals surface area contributed by atoms with Crippen LogP contribution in [-0.4, -0.2) is 43.1 Å². The highest BCUT2D eigenvalue weighted by atomic mass is 79.9. The summed E-state index contributed by atoms with van der Waals surface area (Å²) in [6, 6.07) is 14.3. The lowest BCUT2D eigenvalue weighted by Crippen LogP contribution is -2.53. The molecule has 2 heterocycles. The molecule has 0 bridgehead atoms. The van der Waals surface area contributed by atoms with E-state index < -0.39 is 33.0 Å². The van der Waals surface area contributed by atoms with Gasteiger partial charge in [-0.3, -0.25) is 4.79 Å². The molecule has 1 amide bonds. The van der Waals surface area contributed by atoms with Crippen LogP contribution < -0.4 is 0 Å². The second kappa shape index (κ2) is 8.85. The zero-order chi connectivity index (χ0) is 23.1. The summed E-state index contributed by atoms with van der Waals surface area (Å²) in [7, 11) is -4.16. The Labute approximate surface area is 203 Å². The summed E-state index contributed by atoms with van der Waals surface area (Å²) >= 11 is 10.4. The summed E-state index contributed by atoms with van der Waals surface area (Å²) in [5, 5.41) is -2.58. The molecule has 1 aliphatic heterocycles. The fraction of sp³-hybridized carbons (Fsp3) is 0.273. The Kier molecular flexibility index (Phi) is 6.46. The molecule has 0 unspecified atom stereocenters. The Morgan fingerprint density at radius 3 is 2.69 bits per heavy atom. The number of aromatic nitrogens is 1. The van der Waals surface area contributed by atoms with Gasteiger partial charge in [0.2, 0.25) is 0 Å². The standard InChI is InChI=1S/C22H19BrClFN2O3S2/c1-14(15-5-3-2-4-6-15)19-12-26-21(31-19)22(25)13-27(9-10-32(22,29)30)20(28)16-7-8-17(23)18(24)11-16/h2-8,11-12,14H,9-10,13H2,1H3/t14-,22+/m0/s1. The van der Waals surface area contributed by atoms with Crippen LogP contribution in [0.1, 0.15) is 38.6 Å². The summed E-state index contributed by atoms with van der Waals surface area (Å²) in [4.78, 5) is 19.1. The number of carbonyl (C=O) groups excluding carboxylic acids is 1. The van der Waals surface area contributed by atoms with Gasteiger partial charge in [0.15, 0.2) is 9.84 Å². The maximum Gasteiger partial charge on any atom is 0.278 e. The van der Waals surface area contributed by atoms with Crippen LogP contribution in [0.2, 0.25) is 5.02 Å².